The molecule has 138 valence electrons. The number of hydrogen-bond donors (Lipinski definition) is 1. The molecule has 6 heteroatoms. The van der Waals surface area contributed by atoms with Crippen LogP contribution in [0.5, 0.6) is 0 Å². The van der Waals surface area contributed by atoms with Gasteiger partial charge in [0, 0.05) is 25.7 Å². The SMILES string of the molecule is Cn1c(C(=O)NC(C)(C)CC2Cc3ccccc3C2)cc(=O)n(C)c1=O. The van der Waals surface area contributed by atoms with Gasteiger partial charge in [0.2, 0.25) is 0 Å². The molecule has 3 rings (SSSR count). The van der Waals surface area contributed by atoms with Crippen molar-refractivity contribution >= 4 is 5.91 Å². The van der Waals surface area contributed by atoms with Crippen molar-refractivity contribution in [2.75, 3.05) is 0 Å². The van der Waals surface area contributed by atoms with Crippen molar-refractivity contribution in [2.24, 2.45) is 20.0 Å². The second-order valence-electron chi connectivity index (χ2n) is 7.85. The van der Waals surface area contributed by atoms with E-state index in [-0.39, 0.29) is 5.69 Å². The summed E-state index contributed by atoms with van der Waals surface area (Å²) >= 11 is 0. The quantitative estimate of drug-likeness (QED) is 0.901. The average Bonchev–Trinajstić information content (AvgIpc) is 2.96. The molecule has 1 heterocycles. The Kier molecular flexibility index (Phi) is 4.61. The standard InChI is InChI=1S/C20H25N3O3/c1-20(2,12-13-9-14-7-5-6-8-15(14)10-13)21-18(25)16-11-17(24)23(4)19(26)22(16)3/h5-8,11,13H,9-10,12H2,1-4H3,(H,21,25). The summed E-state index contributed by atoms with van der Waals surface area (Å²) < 4.78 is 2.19. The van der Waals surface area contributed by atoms with Crippen LogP contribution in [-0.4, -0.2) is 20.6 Å². The number of amides is 1. The Balaban J connectivity index is 1.73. The van der Waals surface area contributed by atoms with Crippen LogP contribution in [0.3, 0.4) is 0 Å². The minimum absolute atomic E-state index is 0.0842. The number of nitrogens with one attached hydrogen (secondary N) is 1. The number of fused-ring (bicyclic) bond motifs is 1. The Labute approximate surface area is 152 Å². The number of carbonyl (C=O) groups is 1. The van der Waals surface area contributed by atoms with Gasteiger partial charge in [0.1, 0.15) is 5.69 Å². The first kappa shape index (κ1) is 18.2. The minimum Gasteiger partial charge on any atom is -0.346 e. The molecule has 1 N–H and O–H groups in total. The van der Waals surface area contributed by atoms with Gasteiger partial charge in [-0.3, -0.25) is 18.7 Å². The van der Waals surface area contributed by atoms with E-state index in [1.54, 1.807) is 0 Å². The fourth-order valence-electron chi connectivity index (χ4n) is 3.89. The maximum absolute atomic E-state index is 12.7. The van der Waals surface area contributed by atoms with Gasteiger partial charge in [0.25, 0.3) is 11.5 Å². The van der Waals surface area contributed by atoms with Crippen LogP contribution in [0, 0.1) is 5.92 Å². The molecule has 0 spiro atoms. The second kappa shape index (κ2) is 6.59. The minimum atomic E-state index is -0.508. The lowest BCUT2D eigenvalue weighted by Crippen LogP contribution is -2.48. The third-order valence-electron chi connectivity index (χ3n) is 5.15. The van der Waals surface area contributed by atoms with Crippen molar-refractivity contribution in [3.63, 3.8) is 0 Å². The Hall–Kier alpha value is -2.63. The topological polar surface area (TPSA) is 73.1 Å². The van der Waals surface area contributed by atoms with Crippen LogP contribution in [0.25, 0.3) is 0 Å². The molecule has 0 saturated carbocycles. The van der Waals surface area contributed by atoms with Crippen molar-refractivity contribution in [3.05, 3.63) is 68.0 Å². The molecule has 0 radical (unpaired) electrons. The van der Waals surface area contributed by atoms with E-state index in [1.165, 1.54) is 35.9 Å². The summed E-state index contributed by atoms with van der Waals surface area (Å²) in [5.74, 6) is 0.0676. The van der Waals surface area contributed by atoms with Crippen LogP contribution in [0.4, 0.5) is 0 Å². The van der Waals surface area contributed by atoms with E-state index < -0.39 is 22.7 Å². The first-order valence-corrected chi connectivity index (χ1v) is 8.84. The smallest absolute Gasteiger partial charge is 0.331 e. The molecule has 0 aliphatic heterocycles. The third kappa shape index (κ3) is 3.49. The summed E-state index contributed by atoms with van der Waals surface area (Å²) in [6, 6.07) is 9.65. The molecule has 0 bridgehead atoms. The van der Waals surface area contributed by atoms with Gasteiger partial charge in [-0.05, 0) is 50.2 Å². The summed E-state index contributed by atoms with van der Waals surface area (Å²) in [6.07, 6.45) is 2.85. The van der Waals surface area contributed by atoms with E-state index in [2.05, 4.69) is 29.6 Å². The van der Waals surface area contributed by atoms with Gasteiger partial charge in [-0.25, -0.2) is 4.79 Å². The highest BCUT2D eigenvalue weighted by Crippen LogP contribution is 2.31. The van der Waals surface area contributed by atoms with Crippen LogP contribution in [0.15, 0.2) is 39.9 Å². The summed E-state index contributed by atoms with van der Waals surface area (Å²) in [6.45, 7) is 3.96. The Morgan fingerprint density at radius 3 is 2.27 bits per heavy atom. The largest absolute Gasteiger partial charge is 0.346 e. The monoisotopic (exact) mass is 355 g/mol. The molecule has 0 saturated heterocycles. The molecule has 26 heavy (non-hydrogen) atoms. The molecule has 1 aliphatic rings. The highest BCUT2D eigenvalue weighted by Gasteiger charge is 2.30. The molecule has 6 nitrogen and oxygen atoms in total. The van der Waals surface area contributed by atoms with Crippen molar-refractivity contribution in [1.82, 2.24) is 14.5 Å². The fourth-order valence-corrected chi connectivity index (χ4v) is 3.89. The van der Waals surface area contributed by atoms with Crippen molar-refractivity contribution < 1.29 is 4.79 Å². The van der Waals surface area contributed by atoms with Gasteiger partial charge < -0.3 is 5.32 Å². The molecular weight excluding hydrogens is 330 g/mol. The first-order chi connectivity index (χ1) is 12.2. The lowest BCUT2D eigenvalue weighted by atomic mass is 9.88. The molecule has 1 aromatic heterocycles. The molecule has 0 fully saturated rings. The van der Waals surface area contributed by atoms with Crippen molar-refractivity contribution in [3.8, 4) is 0 Å². The van der Waals surface area contributed by atoms with Gasteiger partial charge in [0.05, 0.1) is 0 Å². The van der Waals surface area contributed by atoms with Crippen LogP contribution in [0.2, 0.25) is 0 Å². The molecule has 0 atom stereocenters. The summed E-state index contributed by atoms with van der Waals surface area (Å²) in [7, 11) is 2.89. The number of rotatable bonds is 4. The molecule has 1 aromatic carbocycles. The zero-order valence-electron chi connectivity index (χ0n) is 15.7. The Bertz CT molecular complexity index is 944. The van der Waals surface area contributed by atoms with E-state index in [9.17, 15) is 14.4 Å². The van der Waals surface area contributed by atoms with E-state index in [4.69, 9.17) is 0 Å². The molecule has 0 unspecified atom stereocenters. The van der Waals surface area contributed by atoms with Crippen LogP contribution in [-0.2, 0) is 26.9 Å². The van der Waals surface area contributed by atoms with Gasteiger partial charge in [-0.1, -0.05) is 24.3 Å². The van der Waals surface area contributed by atoms with Crippen molar-refractivity contribution in [1.29, 1.82) is 0 Å². The molecule has 2 aromatic rings. The summed E-state index contributed by atoms with van der Waals surface area (Å²) in [5.41, 5.74) is 1.41. The van der Waals surface area contributed by atoms with Gasteiger partial charge >= 0.3 is 5.69 Å². The Morgan fingerprint density at radius 1 is 1.12 bits per heavy atom. The van der Waals surface area contributed by atoms with Gasteiger partial charge in [0.15, 0.2) is 0 Å². The number of aromatic nitrogens is 2. The zero-order valence-corrected chi connectivity index (χ0v) is 15.7. The highest BCUT2D eigenvalue weighted by molar-refractivity contribution is 5.92. The van der Waals surface area contributed by atoms with E-state index in [1.807, 2.05) is 13.8 Å². The maximum atomic E-state index is 12.7. The van der Waals surface area contributed by atoms with Crippen LogP contribution >= 0.6 is 0 Å². The third-order valence-corrected chi connectivity index (χ3v) is 5.15. The van der Waals surface area contributed by atoms with E-state index in [0.717, 1.165) is 23.8 Å². The second-order valence-corrected chi connectivity index (χ2v) is 7.85. The number of hydrogen-bond acceptors (Lipinski definition) is 3. The molecule has 1 aliphatic carbocycles. The lowest BCUT2D eigenvalue weighted by Gasteiger charge is -2.29. The zero-order chi connectivity index (χ0) is 19.1. The summed E-state index contributed by atoms with van der Waals surface area (Å²) in [4.78, 5) is 36.6. The normalized spacial score (nSPS) is 14.3. The Morgan fingerprint density at radius 2 is 1.69 bits per heavy atom. The maximum Gasteiger partial charge on any atom is 0.331 e. The molecule has 1 amide bonds. The number of nitrogens with zero attached hydrogens (tertiary/aromatic N) is 2. The number of benzene rings is 1. The lowest BCUT2D eigenvalue weighted by molar-refractivity contribution is 0.0891. The van der Waals surface area contributed by atoms with Gasteiger partial charge in [-0.2, -0.15) is 0 Å². The molecular formula is C20H25N3O3. The van der Waals surface area contributed by atoms with E-state index in [0.29, 0.717) is 5.92 Å². The highest BCUT2D eigenvalue weighted by atomic mass is 16.2. The predicted octanol–water partition coefficient (Wildman–Crippen LogP) is 1.40. The van der Waals surface area contributed by atoms with Crippen LogP contribution < -0.4 is 16.6 Å². The fraction of sp³-hybridized carbons (Fsp3) is 0.450. The van der Waals surface area contributed by atoms with E-state index >= 15 is 0 Å². The average molecular weight is 355 g/mol. The predicted molar refractivity (Wildman–Crippen MR) is 100 cm³/mol. The van der Waals surface area contributed by atoms with Crippen LogP contribution in [0.1, 0.15) is 41.9 Å². The van der Waals surface area contributed by atoms with Crippen molar-refractivity contribution in [2.45, 2.75) is 38.6 Å². The summed E-state index contributed by atoms with van der Waals surface area (Å²) in [5, 5.41) is 2.99. The number of carbonyl (C=O) groups excluding carboxylic acids is 1. The first-order valence-electron chi connectivity index (χ1n) is 8.84. The van der Waals surface area contributed by atoms with Gasteiger partial charge in [-0.15, -0.1) is 0 Å².